The van der Waals surface area contributed by atoms with Crippen LogP contribution in [0.4, 0.5) is 17.1 Å². The molecule has 0 aliphatic carbocycles. The number of anilines is 3. The summed E-state index contributed by atoms with van der Waals surface area (Å²) in [7, 11) is 0. The van der Waals surface area contributed by atoms with Crippen molar-refractivity contribution in [3.05, 3.63) is 151 Å². The lowest BCUT2D eigenvalue weighted by molar-refractivity contribution is 0.282. The van der Waals surface area contributed by atoms with Crippen LogP contribution in [-0.2, 0) is 6.61 Å². The third-order valence-electron chi connectivity index (χ3n) is 5.66. The van der Waals surface area contributed by atoms with Gasteiger partial charge in [-0.2, -0.15) is 0 Å². The number of rotatable bonds is 1. The number of nitrogens with two attached hydrogens (primary N) is 3. The zero-order valence-corrected chi connectivity index (χ0v) is 21.7. The largest absolute Gasteiger partial charge is 0.399 e. The number of hydrogen-bond acceptors (Lipinski definition) is 4. The Morgan fingerprint density at radius 1 is 0.500 bits per heavy atom. The summed E-state index contributed by atoms with van der Waals surface area (Å²) in [5.41, 5.74) is 21.5. The summed E-state index contributed by atoms with van der Waals surface area (Å²) in [4.78, 5) is 0. The molecule has 0 saturated carbocycles. The molecule has 0 atom stereocenters. The van der Waals surface area contributed by atoms with Crippen LogP contribution in [0.1, 0.15) is 11.1 Å². The maximum absolute atomic E-state index is 8.54. The molecule has 0 spiro atoms. The van der Waals surface area contributed by atoms with Crippen molar-refractivity contribution in [1.82, 2.24) is 0 Å². The molecule has 4 nitrogen and oxygen atoms in total. The van der Waals surface area contributed by atoms with E-state index in [0.29, 0.717) is 0 Å². The van der Waals surface area contributed by atoms with Crippen LogP contribution in [0.3, 0.4) is 0 Å². The van der Waals surface area contributed by atoms with Gasteiger partial charge in [0.05, 0.1) is 6.61 Å². The molecule has 0 unspecified atom stereocenters. The lowest BCUT2D eigenvalue weighted by atomic mass is 10.1. The average molecular weight is 502 g/mol. The van der Waals surface area contributed by atoms with Crippen molar-refractivity contribution in [3.8, 4) is 0 Å². The Morgan fingerprint density at radius 2 is 1.08 bits per heavy atom. The standard InChI is InChI=1S/2C10H9N.C7H9N.C7H8O/c11-10-7-3-5-8-4-1-2-6-9(8)10;11-10-6-5-8-3-1-2-4-9(8)7-10;1-6-3-2-4-7(8)5-6;8-6-7-4-2-1-3-5-7/h2*1-7H,11H2;2-5H,8H2,1H3;1-5,8H,6H2. The van der Waals surface area contributed by atoms with Gasteiger partial charge in [0.1, 0.15) is 0 Å². The van der Waals surface area contributed by atoms with Gasteiger partial charge in [0, 0.05) is 22.4 Å². The highest BCUT2D eigenvalue weighted by Gasteiger charge is 1.93. The molecule has 6 aromatic rings. The molecule has 6 aromatic carbocycles. The number of nitrogen functional groups attached to an aromatic ring is 3. The first-order valence-corrected chi connectivity index (χ1v) is 12.4. The van der Waals surface area contributed by atoms with Gasteiger partial charge in [0.2, 0.25) is 0 Å². The highest BCUT2D eigenvalue weighted by atomic mass is 16.3. The molecule has 0 heterocycles. The molecule has 0 aromatic heterocycles. The third-order valence-corrected chi connectivity index (χ3v) is 5.66. The van der Waals surface area contributed by atoms with E-state index < -0.39 is 0 Å². The summed E-state index contributed by atoms with van der Waals surface area (Å²) >= 11 is 0. The lowest BCUT2D eigenvalue weighted by Crippen LogP contribution is -1.84. The Morgan fingerprint density at radius 3 is 1.68 bits per heavy atom. The summed E-state index contributed by atoms with van der Waals surface area (Å²) in [6.07, 6.45) is 0. The van der Waals surface area contributed by atoms with Crippen molar-refractivity contribution >= 4 is 38.6 Å². The van der Waals surface area contributed by atoms with Gasteiger partial charge >= 0.3 is 0 Å². The van der Waals surface area contributed by atoms with Gasteiger partial charge in [-0.15, -0.1) is 0 Å². The Kier molecular flexibility index (Phi) is 10.7. The van der Waals surface area contributed by atoms with Gasteiger partial charge in [-0.1, -0.05) is 109 Å². The minimum atomic E-state index is 0.140. The fraction of sp³-hybridized carbons (Fsp3) is 0.0588. The molecule has 0 amide bonds. The zero-order chi connectivity index (χ0) is 27.2. The normalized spacial score (nSPS) is 9.74. The van der Waals surface area contributed by atoms with Crippen LogP contribution in [-0.4, -0.2) is 5.11 Å². The summed E-state index contributed by atoms with van der Waals surface area (Å²) in [5.74, 6) is 0. The van der Waals surface area contributed by atoms with E-state index in [2.05, 4.69) is 24.3 Å². The van der Waals surface area contributed by atoms with Gasteiger partial charge < -0.3 is 22.3 Å². The lowest BCUT2D eigenvalue weighted by Gasteiger charge is -1.98. The van der Waals surface area contributed by atoms with Crippen molar-refractivity contribution in [2.45, 2.75) is 13.5 Å². The van der Waals surface area contributed by atoms with Crippen molar-refractivity contribution < 1.29 is 5.11 Å². The zero-order valence-electron chi connectivity index (χ0n) is 21.7. The van der Waals surface area contributed by atoms with Crippen molar-refractivity contribution in [1.29, 1.82) is 0 Å². The minimum absolute atomic E-state index is 0.140. The number of aryl methyl sites for hydroxylation is 1. The van der Waals surface area contributed by atoms with Crippen LogP contribution in [0.15, 0.2) is 140 Å². The molecular formula is C34H35N3O. The second-order valence-corrected chi connectivity index (χ2v) is 8.73. The quantitative estimate of drug-likeness (QED) is 0.174. The number of aliphatic hydroxyl groups excluding tert-OH is 1. The first-order valence-electron chi connectivity index (χ1n) is 12.4. The number of hydrogen-bond donors (Lipinski definition) is 4. The molecular weight excluding hydrogens is 466 g/mol. The molecule has 192 valence electrons. The molecule has 0 aliphatic rings. The van der Waals surface area contributed by atoms with Crippen molar-refractivity contribution in [2.24, 2.45) is 0 Å². The van der Waals surface area contributed by atoms with Gasteiger partial charge in [0.15, 0.2) is 0 Å². The summed E-state index contributed by atoms with van der Waals surface area (Å²) < 4.78 is 0. The Balaban J connectivity index is 0.000000142. The van der Waals surface area contributed by atoms with Crippen LogP contribution in [0, 0.1) is 6.92 Å². The second kappa shape index (κ2) is 14.7. The Hall–Kier alpha value is -4.80. The predicted octanol–water partition coefficient (Wildman–Crippen LogP) is 7.60. The molecule has 0 fully saturated rings. The molecule has 38 heavy (non-hydrogen) atoms. The van der Waals surface area contributed by atoms with E-state index in [1.165, 1.54) is 21.7 Å². The average Bonchev–Trinajstić information content (AvgIpc) is 2.95. The van der Waals surface area contributed by atoms with E-state index in [-0.39, 0.29) is 6.61 Å². The summed E-state index contributed by atoms with van der Waals surface area (Å²) in [6.45, 7) is 2.16. The van der Waals surface area contributed by atoms with Crippen LogP contribution >= 0.6 is 0 Å². The molecule has 0 radical (unpaired) electrons. The van der Waals surface area contributed by atoms with E-state index in [4.69, 9.17) is 22.3 Å². The van der Waals surface area contributed by atoms with E-state index in [9.17, 15) is 0 Å². The SMILES string of the molecule is Cc1cccc(N)c1.Nc1ccc2ccccc2c1.Nc1cccc2ccccc12.OCc1ccccc1. The smallest absolute Gasteiger partial charge is 0.0681 e. The fourth-order valence-electron chi connectivity index (χ4n) is 3.71. The first-order chi connectivity index (χ1) is 18.5. The van der Waals surface area contributed by atoms with Crippen LogP contribution in [0.5, 0.6) is 0 Å². The van der Waals surface area contributed by atoms with Crippen molar-refractivity contribution in [2.75, 3.05) is 17.2 Å². The minimum Gasteiger partial charge on any atom is -0.399 e. The van der Waals surface area contributed by atoms with E-state index >= 15 is 0 Å². The van der Waals surface area contributed by atoms with Crippen LogP contribution in [0.2, 0.25) is 0 Å². The number of fused-ring (bicyclic) bond motifs is 2. The summed E-state index contributed by atoms with van der Waals surface area (Å²) in [5, 5.41) is 13.3. The van der Waals surface area contributed by atoms with E-state index in [1.54, 1.807) is 0 Å². The van der Waals surface area contributed by atoms with E-state index in [0.717, 1.165) is 28.0 Å². The number of benzene rings is 6. The highest BCUT2D eigenvalue weighted by molar-refractivity contribution is 5.92. The topological polar surface area (TPSA) is 98.3 Å². The molecule has 0 saturated heterocycles. The highest BCUT2D eigenvalue weighted by Crippen LogP contribution is 2.19. The van der Waals surface area contributed by atoms with Gasteiger partial charge in [-0.25, -0.2) is 0 Å². The van der Waals surface area contributed by atoms with E-state index in [1.807, 2.05) is 122 Å². The predicted molar refractivity (Wildman–Crippen MR) is 165 cm³/mol. The Bertz CT molecular complexity index is 1520. The van der Waals surface area contributed by atoms with Crippen molar-refractivity contribution in [3.63, 3.8) is 0 Å². The molecule has 0 bridgehead atoms. The third kappa shape index (κ3) is 9.01. The Labute approximate surface area is 225 Å². The molecule has 4 heteroatoms. The molecule has 6 rings (SSSR count). The van der Waals surface area contributed by atoms with Gasteiger partial charge in [-0.05, 0) is 64.5 Å². The second-order valence-electron chi connectivity index (χ2n) is 8.73. The fourth-order valence-corrected chi connectivity index (χ4v) is 3.71. The molecule has 0 aliphatic heterocycles. The van der Waals surface area contributed by atoms with Crippen LogP contribution < -0.4 is 17.2 Å². The van der Waals surface area contributed by atoms with Crippen LogP contribution in [0.25, 0.3) is 21.5 Å². The molecule has 7 N–H and O–H groups in total. The van der Waals surface area contributed by atoms with Gasteiger partial charge in [0.25, 0.3) is 0 Å². The van der Waals surface area contributed by atoms with Gasteiger partial charge in [-0.3, -0.25) is 0 Å². The maximum atomic E-state index is 8.54. The first kappa shape index (κ1) is 27.8. The maximum Gasteiger partial charge on any atom is 0.0681 e. The number of aliphatic hydroxyl groups is 1. The monoisotopic (exact) mass is 501 g/mol. The summed E-state index contributed by atoms with van der Waals surface area (Å²) in [6, 6.07) is 45.5.